The number of aromatic nitrogens is 1. The topological polar surface area (TPSA) is 54.5 Å². The minimum atomic E-state index is -0.470. The number of ether oxygens (including phenoxy) is 1. The lowest BCUT2D eigenvalue weighted by molar-refractivity contribution is 0.192. The molecule has 1 N–H and O–H groups in total. The highest BCUT2D eigenvalue weighted by molar-refractivity contribution is 5.90. The number of urea groups is 1. The molecule has 0 radical (unpaired) electrons. The summed E-state index contributed by atoms with van der Waals surface area (Å²) in [4.78, 5) is 18.4. The summed E-state index contributed by atoms with van der Waals surface area (Å²) in [5.74, 6) is -0.655. The van der Waals surface area contributed by atoms with E-state index in [1.807, 2.05) is 0 Å². The highest BCUT2D eigenvalue weighted by atomic mass is 19.1. The van der Waals surface area contributed by atoms with E-state index in [9.17, 15) is 13.6 Å². The summed E-state index contributed by atoms with van der Waals surface area (Å²) in [6, 6.07) is 6.58. The number of pyridine rings is 1. The van der Waals surface area contributed by atoms with E-state index in [0.29, 0.717) is 42.3 Å². The highest BCUT2D eigenvalue weighted by Gasteiger charge is 2.27. The molecule has 0 unspecified atom stereocenters. The zero-order valence-corrected chi connectivity index (χ0v) is 14.8. The number of nitrogens with one attached hydrogen (secondary N) is 1. The van der Waals surface area contributed by atoms with Gasteiger partial charge in [0.15, 0.2) is 0 Å². The molecule has 3 rings (SSSR count). The van der Waals surface area contributed by atoms with Crippen LogP contribution in [0.1, 0.15) is 30.0 Å². The SMILES string of the molecule is COc1ccc(NC(=O)N2CCC[C@@H](c3cc(F)ccc3F)C2)c(C)n1. The minimum absolute atomic E-state index is 0.222. The van der Waals surface area contributed by atoms with Crippen molar-refractivity contribution in [2.75, 3.05) is 25.5 Å². The summed E-state index contributed by atoms with van der Waals surface area (Å²) in [5, 5.41) is 2.83. The van der Waals surface area contributed by atoms with Crippen molar-refractivity contribution in [3.05, 3.63) is 53.2 Å². The van der Waals surface area contributed by atoms with Crippen molar-refractivity contribution in [3.63, 3.8) is 0 Å². The average molecular weight is 361 g/mol. The standard InChI is InChI=1S/C19H21F2N3O2/c1-12-17(7-8-18(22-12)26-2)23-19(25)24-9-3-4-13(11-24)15-10-14(20)5-6-16(15)21/h5-8,10,13H,3-4,9,11H2,1-2H3,(H,23,25)/t13-/m1/s1. The molecule has 7 heteroatoms. The molecular weight excluding hydrogens is 340 g/mol. The first-order valence-corrected chi connectivity index (χ1v) is 8.50. The van der Waals surface area contributed by atoms with Crippen molar-refractivity contribution >= 4 is 11.7 Å². The van der Waals surface area contributed by atoms with E-state index in [1.54, 1.807) is 24.0 Å². The number of methoxy groups -OCH3 is 1. The van der Waals surface area contributed by atoms with Crippen LogP contribution in [0.4, 0.5) is 19.3 Å². The lowest BCUT2D eigenvalue weighted by Crippen LogP contribution is -2.42. The van der Waals surface area contributed by atoms with E-state index in [1.165, 1.54) is 13.2 Å². The molecule has 2 aromatic rings. The Hall–Kier alpha value is -2.70. The highest BCUT2D eigenvalue weighted by Crippen LogP contribution is 2.30. The molecule has 1 aliphatic rings. The molecule has 1 saturated heterocycles. The molecule has 5 nitrogen and oxygen atoms in total. The van der Waals surface area contributed by atoms with Gasteiger partial charge >= 0.3 is 6.03 Å². The Morgan fingerprint density at radius 2 is 2.12 bits per heavy atom. The first kappa shape index (κ1) is 18.1. The number of carbonyl (C=O) groups is 1. The Morgan fingerprint density at radius 1 is 1.31 bits per heavy atom. The van der Waals surface area contributed by atoms with E-state index >= 15 is 0 Å². The van der Waals surface area contributed by atoms with Gasteiger partial charge in [0.1, 0.15) is 11.6 Å². The number of amides is 2. The van der Waals surface area contributed by atoms with Crippen molar-refractivity contribution < 1.29 is 18.3 Å². The second kappa shape index (κ2) is 7.68. The second-order valence-corrected chi connectivity index (χ2v) is 6.37. The summed E-state index contributed by atoms with van der Waals surface area (Å²) >= 11 is 0. The number of hydrogen-bond donors (Lipinski definition) is 1. The number of aryl methyl sites for hydroxylation is 1. The van der Waals surface area contributed by atoms with Crippen molar-refractivity contribution in [2.24, 2.45) is 0 Å². The number of piperidine rings is 1. The van der Waals surface area contributed by atoms with Gasteiger partial charge in [0, 0.05) is 25.1 Å². The third-order valence-electron chi connectivity index (χ3n) is 4.62. The first-order valence-electron chi connectivity index (χ1n) is 8.50. The fourth-order valence-corrected chi connectivity index (χ4v) is 3.22. The van der Waals surface area contributed by atoms with Crippen molar-refractivity contribution in [1.82, 2.24) is 9.88 Å². The Labute approximate surface area is 151 Å². The molecular formula is C19H21F2N3O2. The fourth-order valence-electron chi connectivity index (χ4n) is 3.22. The quantitative estimate of drug-likeness (QED) is 0.896. The molecule has 0 aliphatic carbocycles. The van der Waals surface area contributed by atoms with Crippen LogP contribution in [0.3, 0.4) is 0 Å². The number of benzene rings is 1. The largest absolute Gasteiger partial charge is 0.481 e. The zero-order valence-electron chi connectivity index (χ0n) is 14.8. The third kappa shape index (κ3) is 3.92. The van der Waals surface area contributed by atoms with Gasteiger partial charge in [-0.1, -0.05) is 0 Å². The maximum Gasteiger partial charge on any atom is 0.321 e. The van der Waals surface area contributed by atoms with Gasteiger partial charge in [-0.05, 0) is 49.6 Å². The number of rotatable bonds is 3. The van der Waals surface area contributed by atoms with Crippen LogP contribution in [0, 0.1) is 18.6 Å². The number of hydrogen-bond acceptors (Lipinski definition) is 3. The van der Waals surface area contributed by atoms with Crippen molar-refractivity contribution in [1.29, 1.82) is 0 Å². The van der Waals surface area contributed by atoms with E-state index in [0.717, 1.165) is 18.6 Å². The van der Waals surface area contributed by atoms with Crippen LogP contribution in [0.15, 0.2) is 30.3 Å². The Kier molecular flexibility index (Phi) is 5.35. The summed E-state index contributed by atoms with van der Waals surface area (Å²) < 4.78 is 32.6. The predicted molar refractivity (Wildman–Crippen MR) is 94.5 cm³/mol. The number of nitrogens with zero attached hydrogens (tertiary/aromatic N) is 2. The molecule has 1 atom stereocenters. The number of likely N-dealkylation sites (tertiary alicyclic amines) is 1. The van der Waals surface area contributed by atoms with Crippen LogP contribution in [0.5, 0.6) is 5.88 Å². The number of anilines is 1. The average Bonchev–Trinajstić information content (AvgIpc) is 2.65. The zero-order chi connectivity index (χ0) is 18.7. The van der Waals surface area contributed by atoms with E-state index < -0.39 is 11.6 Å². The van der Waals surface area contributed by atoms with Gasteiger partial charge in [-0.15, -0.1) is 0 Å². The smallest absolute Gasteiger partial charge is 0.321 e. The van der Waals surface area contributed by atoms with Gasteiger partial charge in [0.05, 0.1) is 18.5 Å². The summed E-state index contributed by atoms with van der Waals surface area (Å²) in [6.07, 6.45) is 1.45. The Bertz CT molecular complexity index is 813. The molecule has 0 saturated carbocycles. The Morgan fingerprint density at radius 3 is 2.85 bits per heavy atom. The van der Waals surface area contributed by atoms with Crippen molar-refractivity contribution in [2.45, 2.75) is 25.7 Å². The third-order valence-corrected chi connectivity index (χ3v) is 4.62. The summed E-state index contributed by atoms with van der Waals surface area (Å²) in [6.45, 7) is 2.69. The maximum atomic E-state index is 14.0. The summed E-state index contributed by atoms with van der Waals surface area (Å²) in [5.41, 5.74) is 1.56. The number of halogens is 2. The van der Waals surface area contributed by atoms with Crippen LogP contribution in [0.2, 0.25) is 0 Å². The Balaban J connectivity index is 1.71. The molecule has 0 bridgehead atoms. The van der Waals surface area contributed by atoms with Crippen LogP contribution in [-0.2, 0) is 0 Å². The molecule has 1 aromatic heterocycles. The molecule has 26 heavy (non-hydrogen) atoms. The second-order valence-electron chi connectivity index (χ2n) is 6.37. The van der Waals surface area contributed by atoms with E-state index in [4.69, 9.17) is 4.74 Å². The van der Waals surface area contributed by atoms with Gasteiger partial charge in [-0.2, -0.15) is 0 Å². The summed E-state index contributed by atoms with van der Waals surface area (Å²) in [7, 11) is 1.53. The lowest BCUT2D eigenvalue weighted by atomic mass is 9.90. The molecule has 1 aliphatic heterocycles. The minimum Gasteiger partial charge on any atom is -0.481 e. The fraction of sp³-hybridized carbons (Fsp3) is 0.368. The molecule has 138 valence electrons. The molecule has 1 fully saturated rings. The maximum absolute atomic E-state index is 14.0. The lowest BCUT2D eigenvalue weighted by Gasteiger charge is -2.33. The van der Waals surface area contributed by atoms with Gasteiger partial charge in [0.25, 0.3) is 0 Å². The van der Waals surface area contributed by atoms with Gasteiger partial charge in [-0.3, -0.25) is 0 Å². The van der Waals surface area contributed by atoms with Crippen LogP contribution in [0.25, 0.3) is 0 Å². The van der Waals surface area contributed by atoms with Crippen molar-refractivity contribution in [3.8, 4) is 5.88 Å². The monoisotopic (exact) mass is 361 g/mol. The van der Waals surface area contributed by atoms with Crippen LogP contribution >= 0.6 is 0 Å². The normalized spacial score (nSPS) is 17.1. The van der Waals surface area contributed by atoms with E-state index in [2.05, 4.69) is 10.3 Å². The first-order chi connectivity index (χ1) is 12.5. The van der Waals surface area contributed by atoms with Gasteiger partial charge in [0.2, 0.25) is 5.88 Å². The molecule has 1 aromatic carbocycles. The number of carbonyl (C=O) groups excluding carboxylic acids is 1. The van der Waals surface area contributed by atoms with Crippen LogP contribution < -0.4 is 10.1 Å². The molecule has 0 spiro atoms. The van der Waals surface area contributed by atoms with E-state index in [-0.39, 0.29) is 11.9 Å². The predicted octanol–water partition coefficient (Wildman–Crippen LogP) is 4.09. The van der Waals surface area contributed by atoms with Crippen LogP contribution in [-0.4, -0.2) is 36.1 Å². The van der Waals surface area contributed by atoms with Gasteiger partial charge < -0.3 is 15.0 Å². The molecule has 2 heterocycles. The molecule has 2 amide bonds. The van der Waals surface area contributed by atoms with Gasteiger partial charge in [-0.25, -0.2) is 18.6 Å².